The number of carbonyl (C=O) groups is 1. The van der Waals surface area contributed by atoms with E-state index in [-0.39, 0.29) is 12.1 Å². The zero-order valence-corrected chi connectivity index (χ0v) is 15.0. The number of anilines is 4. The molecule has 2 amide bonds. The molecule has 0 aliphatic carbocycles. The van der Waals surface area contributed by atoms with Gasteiger partial charge in [-0.1, -0.05) is 12.1 Å². The molecular weight excluding hydrogens is 332 g/mol. The van der Waals surface area contributed by atoms with Crippen molar-refractivity contribution in [2.45, 2.75) is 19.9 Å². The molecule has 0 atom stereocenters. The Labute approximate surface area is 152 Å². The lowest BCUT2D eigenvalue weighted by Gasteiger charge is -2.30. The normalized spacial score (nSPS) is 14.2. The van der Waals surface area contributed by atoms with Crippen molar-refractivity contribution in [1.29, 1.82) is 0 Å². The fraction of sp³-hybridized carbons (Fsp3) is 0.389. The average molecular weight is 356 g/mol. The molecule has 0 radical (unpaired) electrons. The Morgan fingerprint density at radius 1 is 1.08 bits per heavy atom. The highest BCUT2D eigenvalue weighted by molar-refractivity contribution is 5.88. The zero-order chi connectivity index (χ0) is 18.4. The van der Waals surface area contributed by atoms with Gasteiger partial charge in [-0.2, -0.15) is 0 Å². The number of hydrogen-bond acceptors (Lipinski definition) is 6. The van der Waals surface area contributed by atoms with E-state index in [0.29, 0.717) is 11.6 Å². The highest BCUT2D eigenvalue weighted by Gasteiger charge is 2.15. The predicted octanol–water partition coefficient (Wildman–Crippen LogP) is 2.59. The van der Waals surface area contributed by atoms with Crippen LogP contribution in [-0.4, -0.2) is 48.6 Å². The van der Waals surface area contributed by atoms with E-state index in [0.717, 1.165) is 37.7 Å². The number of para-hydroxylation sites is 2. The summed E-state index contributed by atoms with van der Waals surface area (Å²) in [6, 6.07) is 11.3. The molecule has 8 heteroatoms. The maximum atomic E-state index is 11.7. The summed E-state index contributed by atoms with van der Waals surface area (Å²) in [5.74, 6) is 1.01. The van der Waals surface area contributed by atoms with Crippen LogP contribution in [-0.2, 0) is 4.74 Å². The van der Waals surface area contributed by atoms with E-state index in [1.165, 1.54) is 0 Å². The molecule has 0 spiro atoms. The van der Waals surface area contributed by atoms with Crippen LogP contribution < -0.4 is 20.9 Å². The van der Waals surface area contributed by atoms with Crippen molar-refractivity contribution in [3.63, 3.8) is 0 Å². The van der Waals surface area contributed by atoms with Crippen LogP contribution in [0.25, 0.3) is 0 Å². The number of nitrogens with one attached hydrogen (secondary N) is 3. The number of morpholine rings is 1. The first kappa shape index (κ1) is 17.9. The Morgan fingerprint density at radius 3 is 2.46 bits per heavy atom. The molecule has 1 fully saturated rings. The summed E-state index contributed by atoms with van der Waals surface area (Å²) in [6.07, 6.45) is 0. The van der Waals surface area contributed by atoms with Gasteiger partial charge in [-0.05, 0) is 38.1 Å². The number of hydrogen-bond donors (Lipinski definition) is 3. The zero-order valence-electron chi connectivity index (χ0n) is 15.0. The van der Waals surface area contributed by atoms with Gasteiger partial charge in [0.25, 0.3) is 0 Å². The van der Waals surface area contributed by atoms with Gasteiger partial charge in [-0.25, -0.2) is 4.79 Å². The third-order valence-corrected chi connectivity index (χ3v) is 3.84. The largest absolute Gasteiger partial charge is 0.378 e. The average Bonchev–Trinajstić information content (AvgIpc) is 2.64. The van der Waals surface area contributed by atoms with Gasteiger partial charge in [0.05, 0.1) is 24.6 Å². The lowest BCUT2D eigenvalue weighted by Crippen LogP contribution is -2.36. The van der Waals surface area contributed by atoms with Crippen LogP contribution in [0.5, 0.6) is 0 Å². The second-order valence-corrected chi connectivity index (χ2v) is 6.30. The monoisotopic (exact) mass is 356 g/mol. The molecule has 1 aliphatic rings. The molecule has 3 rings (SSSR count). The summed E-state index contributed by atoms with van der Waals surface area (Å²) < 4.78 is 5.42. The van der Waals surface area contributed by atoms with Crippen LogP contribution in [0.4, 0.5) is 27.8 Å². The molecule has 138 valence electrons. The number of rotatable bonds is 5. The topological polar surface area (TPSA) is 91.4 Å². The van der Waals surface area contributed by atoms with Gasteiger partial charge in [0, 0.05) is 19.1 Å². The first-order chi connectivity index (χ1) is 12.6. The molecule has 0 saturated carbocycles. The number of carbonyl (C=O) groups excluding carboxylic acids is 1. The van der Waals surface area contributed by atoms with Crippen LogP contribution in [0.1, 0.15) is 13.8 Å². The number of urea groups is 1. The van der Waals surface area contributed by atoms with Gasteiger partial charge in [-0.3, -0.25) is 5.32 Å². The maximum absolute atomic E-state index is 11.7. The van der Waals surface area contributed by atoms with Crippen molar-refractivity contribution in [1.82, 2.24) is 15.5 Å². The van der Waals surface area contributed by atoms with Gasteiger partial charge in [0.1, 0.15) is 0 Å². The Balaban J connectivity index is 1.67. The minimum Gasteiger partial charge on any atom is -0.378 e. The van der Waals surface area contributed by atoms with Crippen LogP contribution in [0, 0.1) is 0 Å². The number of aromatic nitrogens is 2. The van der Waals surface area contributed by atoms with Crippen LogP contribution in [0.3, 0.4) is 0 Å². The Bertz CT molecular complexity index is 729. The van der Waals surface area contributed by atoms with Crippen molar-refractivity contribution in [3.8, 4) is 0 Å². The fourth-order valence-corrected chi connectivity index (χ4v) is 2.68. The van der Waals surface area contributed by atoms with Gasteiger partial charge in [-0.15, -0.1) is 10.2 Å². The van der Waals surface area contributed by atoms with E-state index in [1.54, 1.807) is 12.1 Å². The maximum Gasteiger partial charge on any atom is 0.320 e. The summed E-state index contributed by atoms with van der Waals surface area (Å²) in [7, 11) is 0. The minimum atomic E-state index is -0.298. The fourth-order valence-electron chi connectivity index (χ4n) is 2.68. The third kappa shape index (κ3) is 4.82. The molecule has 0 bridgehead atoms. The minimum absolute atomic E-state index is 0.0561. The van der Waals surface area contributed by atoms with Crippen molar-refractivity contribution in [3.05, 3.63) is 36.4 Å². The first-order valence-corrected chi connectivity index (χ1v) is 8.72. The van der Waals surface area contributed by atoms with Gasteiger partial charge in [0.2, 0.25) is 0 Å². The molecule has 2 heterocycles. The second-order valence-electron chi connectivity index (χ2n) is 6.30. The van der Waals surface area contributed by atoms with E-state index in [1.807, 2.05) is 32.0 Å². The molecule has 1 aromatic carbocycles. The quantitative estimate of drug-likeness (QED) is 0.763. The van der Waals surface area contributed by atoms with Crippen molar-refractivity contribution in [2.75, 3.05) is 41.8 Å². The number of amides is 2. The third-order valence-electron chi connectivity index (χ3n) is 3.84. The van der Waals surface area contributed by atoms with Crippen LogP contribution in [0.2, 0.25) is 0 Å². The lowest BCUT2D eigenvalue weighted by molar-refractivity contribution is 0.123. The van der Waals surface area contributed by atoms with E-state index >= 15 is 0 Å². The highest BCUT2D eigenvalue weighted by Crippen LogP contribution is 2.28. The number of ether oxygens (including phenoxy) is 1. The van der Waals surface area contributed by atoms with E-state index in [4.69, 9.17) is 4.74 Å². The van der Waals surface area contributed by atoms with E-state index in [9.17, 15) is 4.79 Å². The Kier molecular flexibility index (Phi) is 5.85. The molecule has 0 unspecified atom stereocenters. The molecule has 8 nitrogen and oxygen atoms in total. The number of benzene rings is 1. The van der Waals surface area contributed by atoms with Crippen molar-refractivity contribution >= 4 is 29.0 Å². The van der Waals surface area contributed by atoms with Crippen molar-refractivity contribution < 1.29 is 9.53 Å². The molecule has 1 aliphatic heterocycles. The van der Waals surface area contributed by atoms with Crippen LogP contribution >= 0.6 is 0 Å². The van der Waals surface area contributed by atoms with Crippen LogP contribution in [0.15, 0.2) is 36.4 Å². The van der Waals surface area contributed by atoms with Gasteiger partial charge < -0.3 is 20.3 Å². The lowest BCUT2D eigenvalue weighted by atomic mass is 10.2. The summed E-state index contributed by atoms with van der Waals surface area (Å²) in [5.41, 5.74) is 2.07. The molecule has 1 saturated heterocycles. The molecule has 26 heavy (non-hydrogen) atoms. The Morgan fingerprint density at radius 2 is 1.77 bits per heavy atom. The molecule has 2 aromatic rings. The van der Waals surface area contributed by atoms with Gasteiger partial charge >= 0.3 is 6.03 Å². The Hall–Kier alpha value is -2.87. The van der Waals surface area contributed by atoms with Gasteiger partial charge in [0.15, 0.2) is 11.6 Å². The van der Waals surface area contributed by atoms with Crippen molar-refractivity contribution in [2.24, 2.45) is 0 Å². The number of nitrogens with zero attached hydrogens (tertiary/aromatic N) is 3. The summed E-state index contributed by atoms with van der Waals surface area (Å²) >= 11 is 0. The summed E-state index contributed by atoms with van der Waals surface area (Å²) in [4.78, 5) is 14.0. The second kappa shape index (κ2) is 8.48. The molecular formula is C18H24N6O2. The molecule has 1 aromatic heterocycles. The summed E-state index contributed by atoms with van der Waals surface area (Å²) in [5, 5.41) is 16.9. The summed E-state index contributed by atoms with van der Waals surface area (Å²) in [6.45, 7) is 6.96. The highest BCUT2D eigenvalue weighted by atomic mass is 16.5. The van der Waals surface area contributed by atoms with E-state index in [2.05, 4.69) is 37.1 Å². The SMILES string of the molecule is CC(C)NC(=O)Nc1ccc(Nc2ccccc2N2CCOCC2)nn1. The van der Waals surface area contributed by atoms with E-state index < -0.39 is 0 Å². The predicted molar refractivity (Wildman–Crippen MR) is 102 cm³/mol. The molecule has 3 N–H and O–H groups in total. The smallest absolute Gasteiger partial charge is 0.320 e. The standard InChI is InChI=1S/C18H24N6O2/c1-13(2)19-18(25)21-17-8-7-16(22-23-17)20-14-5-3-4-6-15(14)24-9-11-26-12-10-24/h3-8,13H,9-12H2,1-2H3,(H,20,22)(H2,19,21,23,25). The first-order valence-electron chi connectivity index (χ1n) is 8.72.